The van der Waals surface area contributed by atoms with Gasteiger partial charge in [-0.1, -0.05) is 60.2 Å². The molecule has 3 N–H and O–H groups in total. The first kappa shape index (κ1) is 25.3. The van der Waals surface area contributed by atoms with Crippen molar-refractivity contribution in [3.8, 4) is 0 Å². The van der Waals surface area contributed by atoms with Crippen molar-refractivity contribution in [3.63, 3.8) is 0 Å². The first-order valence-electron chi connectivity index (χ1n) is 10.8. The number of nitrogens with zero attached hydrogens (tertiary/aromatic N) is 1. The molecule has 1 aliphatic rings. The summed E-state index contributed by atoms with van der Waals surface area (Å²) in [5, 5.41) is 2.29. The Hall–Kier alpha value is -2.30. The van der Waals surface area contributed by atoms with E-state index in [-0.39, 0.29) is 16.7 Å². The molecule has 33 heavy (non-hydrogen) atoms. The van der Waals surface area contributed by atoms with Crippen LogP contribution in [0.4, 0.5) is 0 Å². The Kier molecular flexibility index (Phi) is 8.25. The van der Waals surface area contributed by atoms with Gasteiger partial charge in [0, 0.05) is 19.1 Å². The van der Waals surface area contributed by atoms with Crippen molar-refractivity contribution in [2.45, 2.75) is 37.1 Å². The summed E-state index contributed by atoms with van der Waals surface area (Å²) in [5.41, 5.74) is 7.89. The van der Waals surface area contributed by atoms with Crippen molar-refractivity contribution in [3.05, 3.63) is 77.9 Å². The molecule has 0 amide bonds. The quantitative estimate of drug-likeness (QED) is 0.530. The van der Waals surface area contributed by atoms with Gasteiger partial charge in [0.2, 0.25) is 10.0 Å². The Morgan fingerprint density at radius 2 is 1.52 bits per heavy atom. The molecule has 1 fully saturated rings. The fourth-order valence-electron chi connectivity index (χ4n) is 3.74. The zero-order valence-corrected chi connectivity index (χ0v) is 20.2. The highest BCUT2D eigenvalue weighted by atomic mass is 32.2. The van der Waals surface area contributed by atoms with Gasteiger partial charge in [0.25, 0.3) is 10.1 Å². The summed E-state index contributed by atoms with van der Waals surface area (Å²) >= 11 is 0. The Morgan fingerprint density at radius 3 is 2.15 bits per heavy atom. The number of piperidine rings is 1. The van der Waals surface area contributed by atoms with E-state index in [2.05, 4.69) is 18.2 Å². The minimum atomic E-state index is -4.02. The average molecular weight is 491 g/mol. The molecule has 0 atom stereocenters. The van der Waals surface area contributed by atoms with Crippen LogP contribution in [0.15, 0.2) is 71.6 Å². The molecule has 4 rings (SSSR count). The Labute approximate surface area is 196 Å². The van der Waals surface area contributed by atoms with Crippen LogP contribution < -0.4 is 5.73 Å². The first-order valence-corrected chi connectivity index (χ1v) is 13.9. The number of nitrogens with two attached hydrogens (primary N) is 1. The lowest BCUT2D eigenvalue weighted by Gasteiger charge is -2.29. The minimum absolute atomic E-state index is 0.0666. The maximum Gasteiger partial charge on any atom is 0.294 e. The summed E-state index contributed by atoms with van der Waals surface area (Å²) in [6.45, 7) is 2.95. The normalized spacial score (nSPS) is 15.7. The molecule has 1 saturated heterocycles. The van der Waals surface area contributed by atoms with Crippen molar-refractivity contribution in [2.75, 3.05) is 18.8 Å². The fourth-order valence-corrected chi connectivity index (χ4v) is 5.73. The summed E-state index contributed by atoms with van der Waals surface area (Å²) in [4.78, 5) is -0.0666. The van der Waals surface area contributed by atoms with E-state index in [1.165, 1.54) is 12.1 Å². The summed E-state index contributed by atoms with van der Waals surface area (Å²) in [6, 6.07) is 20.3. The molecule has 0 aromatic heterocycles. The number of hydrogen-bond acceptors (Lipinski definition) is 5. The molecule has 1 aliphatic heterocycles. The van der Waals surface area contributed by atoms with Gasteiger partial charge in [-0.2, -0.15) is 8.42 Å². The van der Waals surface area contributed by atoms with Crippen molar-refractivity contribution in [1.82, 2.24) is 4.31 Å². The molecule has 9 heteroatoms. The lowest BCUT2D eigenvalue weighted by Crippen LogP contribution is -2.43. The van der Waals surface area contributed by atoms with Gasteiger partial charge in [0.15, 0.2) is 0 Å². The molecule has 178 valence electrons. The topological polar surface area (TPSA) is 118 Å². The summed E-state index contributed by atoms with van der Waals surface area (Å²) < 4.78 is 56.1. The van der Waals surface area contributed by atoms with E-state index in [0.29, 0.717) is 19.5 Å². The monoisotopic (exact) mass is 490 g/mol. The summed E-state index contributed by atoms with van der Waals surface area (Å²) in [6.07, 6.45) is 2.06. The third kappa shape index (κ3) is 7.09. The first-order chi connectivity index (χ1) is 15.6. The predicted molar refractivity (Wildman–Crippen MR) is 131 cm³/mol. The number of sulfonamides is 1. The van der Waals surface area contributed by atoms with Gasteiger partial charge < -0.3 is 5.73 Å². The third-order valence-electron chi connectivity index (χ3n) is 5.72. The third-order valence-corrected chi connectivity index (χ3v) is 8.46. The van der Waals surface area contributed by atoms with Gasteiger partial charge in [0.1, 0.15) is 0 Å². The number of benzene rings is 3. The number of fused-ring (bicyclic) bond motifs is 1. The Morgan fingerprint density at radius 1 is 0.909 bits per heavy atom. The van der Waals surface area contributed by atoms with Crippen LogP contribution >= 0.6 is 0 Å². The predicted octanol–water partition coefficient (Wildman–Crippen LogP) is 3.38. The van der Waals surface area contributed by atoms with Crippen molar-refractivity contribution in [1.29, 1.82) is 0 Å². The van der Waals surface area contributed by atoms with E-state index in [4.69, 9.17) is 10.3 Å². The Balaban J connectivity index is 0.000000235. The SMILES string of the molecule is Cc1ccc(S(=O)(=O)O)cc1.NC1CCN(S(=O)(=O)CCc2cccc3ccccc23)CC1. The Bertz CT molecular complexity index is 1280. The maximum atomic E-state index is 12.5. The second-order valence-corrected chi connectivity index (χ2v) is 11.7. The van der Waals surface area contributed by atoms with E-state index in [0.717, 1.165) is 34.7 Å². The van der Waals surface area contributed by atoms with Crippen LogP contribution in [0.1, 0.15) is 24.0 Å². The molecule has 0 aliphatic carbocycles. The van der Waals surface area contributed by atoms with E-state index >= 15 is 0 Å². The molecule has 3 aromatic rings. The second-order valence-electron chi connectivity index (χ2n) is 8.23. The molecule has 0 saturated carbocycles. The maximum absolute atomic E-state index is 12.5. The van der Waals surface area contributed by atoms with Crippen LogP contribution in [0.25, 0.3) is 10.8 Å². The molecule has 0 unspecified atom stereocenters. The highest BCUT2D eigenvalue weighted by Gasteiger charge is 2.26. The molecule has 0 bridgehead atoms. The largest absolute Gasteiger partial charge is 0.328 e. The molecule has 0 spiro atoms. The fraction of sp³-hybridized carbons (Fsp3) is 0.333. The summed E-state index contributed by atoms with van der Waals surface area (Å²) in [7, 11) is -7.22. The number of hydrogen-bond donors (Lipinski definition) is 2. The number of rotatable bonds is 5. The van der Waals surface area contributed by atoms with Gasteiger partial charge in [-0.3, -0.25) is 4.55 Å². The van der Waals surface area contributed by atoms with Crippen LogP contribution in [0.3, 0.4) is 0 Å². The van der Waals surface area contributed by atoms with Crippen LogP contribution in [0, 0.1) is 6.92 Å². The van der Waals surface area contributed by atoms with Crippen LogP contribution in [0.2, 0.25) is 0 Å². The zero-order chi connectivity index (χ0) is 24.1. The number of aryl methyl sites for hydroxylation is 2. The highest BCUT2D eigenvalue weighted by molar-refractivity contribution is 7.89. The van der Waals surface area contributed by atoms with E-state index < -0.39 is 20.1 Å². The van der Waals surface area contributed by atoms with Gasteiger partial charge >= 0.3 is 0 Å². The highest BCUT2D eigenvalue weighted by Crippen LogP contribution is 2.20. The summed E-state index contributed by atoms with van der Waals surface area (Å²) in [5.74, 6) is 0.163. The molecule has 1 heterocycles. The van der Waals surface area contributed by atoms with Gasteiger partial charge in [-0.25, -0.2) is 12.7 Å². The second kappa shape index (κ2) is 10.8. The molecule has 0 radical (unpaired) electrons. The molecule has 3 aromatic carbocycles. The molecular formula is C24H30N2O5S2. The molecular weight excluding hydrogens is 460 g/mol. The van der Waals surface area contributed by atoms with Crippen LogP contribution in [0.5, 0.6) is 0 Å². The minimum Gasteiger partial charge on any atom is -0.328 e. The lowest BCUT2D eigenvalue weighted by atomic mass is 10.0. The molecule has 7 nitrogen and oxygen atoms in total. The van der Waals surface area contributed by atoms with Gasteiger partial charge in [-0.05, 0) is 54.7 Å². The van der Waals surface area contributed by atoms with Crippen LogP contribution in [-0.4, -0.2) is 50.6 Å². The zero-order valence-electron chi connectivity index (χ0n) is 18.6. The van der Waals surface area contributed by atoms with Crippen molar-refractivity contribution < 1.29 is 21.4 Å². The van der Waals surface area contributed by atoms with Crippen molar-refractivity contribution >= 4 is 30.9 Å². The lowest BCUT2D eigenvalue weighted by molar-refractivity contribution is 0.320. The van der Waals surface area contributed by atoms with Crippen LogP contribution in [-0.2, 0) is 26.6 Å². The van der Waals surface area contributed by atoms with E-state index in [1.807, 2.05) is 31.2 Å². The van der Waals surface area contributed by atoms with E-state index in [9.17, 15) is 16.8 Å². The van der Waals surface area contributed by atoms with Gasteiger partial charge in [-0.15, -0.1) is 0 Å². The van der Waals surface area contributed by atoms with E-state index in [1.54, 1.807) is 16.4 Å². The average Bonchev–Trinajstić information content (AvgIpc) is 2.78. The van der Waals surface area contributed by atoms with Crippen molar-refractivity contribution in [2.24, 2.45) is 5.73 Å². The standard InChI is InChI=1S/C17H22N2O2S.C7H8O3S/c18-16-8-11-19(12-9-16)22(20,21)13-10-15-6-3-5-14-4-1-2-7-17(14)15;1-6-2-4-7(5-3-6)11(8,9)10/h1-7,16H,8-13,18H2;2-5H,1H3,(H,8,9,10). The van der Waals surface area contributed by atoms with Gasteiger partial charge in [0.05, 0.1) is 10.6 Å². The smallest absolute Gasteiger partial charge is 0.294 e.